The van der Waals surface area contributed by atoms with Crippen molar-refractivity contribution in [2.75, 3.05) is 37.7 Å². The van der Waals surface area contributed by atoms with Crippen molar-refractivity contribution in [2.45, 2.75) is 19.3 Å². The first kappa shape index (κ1) is 14.1. The minimum Gasteiger partial charge on any atom is -0.399 e. The van der Waals surface area contributed by atoms with Crippen LogP contribution in [0.3, 0.4) is 0 Å². The molecule has 0 radical (unpaired) electrons. The summed E-state index contributed by atoms with van der Waals surface area (Å²) in [5.41, 5.74) is 6.42. The fraction of sp³-hybridized carbons (Fsp3) is 0.571. The van der Waals surface area contributed by atoms with Crippen molar-refractivity contribution in [1.29, 1.82) is 0 Å². The van der Waals surface area contributed by atoms with Crippen LogP contribution in [0.2, 0.25) is 0 Å². The van der Waals surface area contributed by atoms with Gasteiger partial charge in [0.2, 0.25) is 0 Å². The molecule has 0 amide bonds. The number of nitrogens with two attached hydrogens (primary N) is 1. The van der Waals surface area contributed by atoms with E-state index in [4.69, 9.17) is 5.73 Å². The molecule has 1 aromatic carbocycles. The molecule has 2 rings (SSSR count). The van der Waals surface area contributed by atoms with Crippen LogP contribution in [-0.2, 0) is 0 Å². The molecule has 1 fully saturated rings. The lowest BCUT2D eigenvalue weighted by Gasteiger charge is -2.29. The van der Waals surface area contributed by atoms with Crippen molar-refractivity contribution in [3.63, 3.8) is 0 Å². The van der Waals surface area contributed by atoms with Crippen LogP contribution in [0.15, 0.2) is 18.2 Å². The Balaban J connectivity index is 1.95. The predicted octanol–water partition coefficient (Wildman–Crippen LogP) is 2.96. The Morgan fingerprint density at radius 2 is 2.05 bits per heavy atom. The van der Waals surface area contributed by atoms with Crippen molar-refractivity contribution in [2.24, 2.45) is 5.92 Å². The summed E-state index contributed by atoms with van der Waals surface area (Å²) in [7, 11) is 2.11. The molecule has 1 aliphatic rings. The number of rotatable bonds is 4. The zero-order valence-corrected chi connectivity index (χ0v) is 11.2. The number of likely N-dealkylation sites (tertiary alicyclic amines) is 1. The number of nitrogens with zero attached hydrogens (tertiary/aromatic N) is 1. The van der Waals surface area contributed by atoms with E-state index in [0.717, 1.165) is 32.5 Å². The average molecular weight is 269 g/mol. The maximum atomic E-state index is 12.9. The fourth-order valence-corrected chi connectivity index (χ4v) is 2.44. The molecule has 0 unspecified atom stereocenters. The van der Waals surface area contributed by atoms with E-state index in [-0.39, 0.29) is 5.56 Å². The van der Waals surface area contributed by atoms with Crippen LogP contribution in [0, 0.1) is 5.92 Å². The van der Waals surface area contributed by atoms with Crippen molar-refractivity contribution < 1.29 is 8.78 Å². The van der Waals surface area contributed by atoms with Gasteiger partial charge in [0.1, 0.15) is 0 Å². The highest BCUT2D eigenvalue weighted by atomic mass is 19.3. The second-order valence-corrected chi connectivity index (χ2v) is 5.27. The standard InChI is InChI=1S/C14H21F2N3/c1-19-6-4-10(5-7-19)9-18-13-3-2-11(17)8-12(13)14(15)16/h2-3,8,10,14,18H,4-7,9,17H2,1H3. The number of hydrogen-bond acceptors (Lipinski definition) is 3. The Bertz CT molecular complexity index is 415. The van der Waals surface area contributed by atoms with Gasteiger partial charge in [0.15, 0.2) is 0 Å². The molecule has 1 aromatic rings. The second kappa shape index (κ2) is 6.19. The van der Waals surface area contributed by atoms with Crippen LogP contribution in [0.5, 0.6) is 0 Å². The van der Waals surface area contributed by atoms with E-state index in [1.807, 2.05) is 0 Å². The predicted molar refractivity (Wildman–Crippen MR) is 74.5 cm³/mol. The van der Waals surface area contributed by atoms with Gasteiger partial charge in [-0.2, -0.15) is 0 Å². The smallest absolute Gasteiger partial charge is 0.265 e. The van der Waals surface area contributed by atoms with E-state index >= 15 is 0 Å². The Morgan fingerprint density at radius 3 is 2.68 bits per heavy atom. The van der Waals surface area contributed by atoms with E-state index in [9.17, 15) is 8.78 Å². The summed E-state index contributed by atoms with van der Waals surface area (Å²) in [6.07, 6.45) is -0.270. The summed E-state index contributed by atoms with van der Waals surface area (Å²) in [6, 6.07) is 4.65. The normalized spacial score (nSPS) is 17.9. The highest BCUT2D eigenvalue weighted by Crippen LogP contribution is 2.29. The lowest BCUT2D eigenvalue weighted by molar-refractivity contribution is 0.152. The molecule has 106 valence electrons. The molecule has 0 aliphatic carbocycles. The minimum absolute atomic E-state index is 0.00655. The highest BCUT2D eigenvalue weighted by molar-refractivity contribution is 5.58. The lowest BCUT2D eigenvalue weighted by Crippen LogP contribution is -2.33. The van der Waals surface area contributed by atoms with E-state index in [2.05, 4.69) is 17.3 Å². The number of halogens is 2. The summed E-state index contributed by atoms with van der Waals surface area (Å²) >= 11 is 0. The molecule has 1 saturated heterocycles. The number of nitrogens with one attached hydrogen (secondary N) is 1. The van der Waals surface area contributed by atoms with E-state index in [1.54, 1.807) is 12.1 Å². The van der Waals surface area contributed by atoms with Crippen molar-refractivity contribution in [3.8, 4) is 0 Å². The van der Waals surface area contributed by atoms with E-state index in [1.165, 1.54) is 6.07 Å². The molecule has 3 N–H and O–H groups in total. The van der Waals surface area contributed by atoms with Gasteiger partial charge in [0.05, 0.1) is 0 Å². The Hall–Kier alpha value is -1.36. The fourth-order valence-electron chi connectivity index (χ4n) is 2.44. The zero-order chi connectivity index (χ0) is 13.8. The third-order valence-electron chi connectivity index (χ3n) is 3.73. The van der Waals surface area contributed by atoms with Crippen LogP contribution in [0.4, 0.5) is 20.2 Å². The van der Waals surface area contributed by atoms with Gasteiger partial charge in [0, 0.05) is 23.5 Å². The molecule has 0 bridgehead atoms. The van der Waals surface area contributed by atoms with Crippen LogP contribution < -0.4 is 11.1 Å². The molecule has 1 heterocycles. The van der Waals surface area contributed by atoms with Crippen molar-refractivity contribution in [1.82, 2.24) is 4.90 Å². The number of anilines is 2. The molecule has 1 aliphatic heterocycles. The number of nitrogen functional groups attached to an aromatic ring is 1. The Labute approximate surface area is 112 Å². The Kier molecular flexibility index (Phi) is 4.58. The zero-order valence-electron chi connectivity index (χ0n) is 11.2. The third-order valence-corrected chi connectivity index (χ3v) is 3.73. The minimum atomic E-state index is -2.50. The second-order valence-electron chi connectivity index (χ2n) is 5.27. The van der Waals surface area contributed by atoms with Gasteiger partial charge in [-0.25, -0.2) is 8.78 Å². The molecular weight excluding hydrogens is 248 g/mol. The molecule has 19 heavy (non-hydrogen) atoms. The van der Waals surface area contributed by atoms with Gasteiger partial charge in [-0.3, -0.25) is 0 Å². The first-order chi connectivity index (χ1) is 9.06. The first-order valence-corrected chi connectivity index (χ1v) is 6.66. The summed E-state index contributed by atoms with van der Waals surface area (Å²) < 4.78 is 25.8. The summed E-state index contributed by atoms with van der Waals surface area (Å²) in [6.45, 7) is 2.91. The molecule has 0 spiro atoms. The lowest BCUT2D eigenvalue weighted by atomic mass is 9.97. The summed E-state index contributed by atoms with van der Waals surface area (Å²) in [5.74, 6) is 0.555. The third kappa shape index (κ3) is 3.80. The maximum Gasteiger partial charge on any atom is 0.265 e. The van der Waals surface area contributed by atoms with Gasteiger partial charge in [-0.05, 0) is 57.1 Å². The van der Waals surface area contributed by atoms with Gasteiger partial charge < -0.3 is 16.0 Å². The maximum absolute atomic E-state index is 12.9. The summed E-state index contributed by atoms with van der Waals surface area (Å²) in [5, 5.41) is 3.15. The van der Waals surface area contributed by atoms with E-state index in [0.29, 0.717) is 17.3 Å². The van der Waals surface area contributed by atoms with Crippen LogP contribution >= 0.6 is 0 Å². The SMILES string of the molecule is CN1CCC(CNc2ccc(N)cc2C(F)F)CC1. The summed E-state index contributed by atoms with van der Waals surface area (Å²) in [4.78, 5) is 2.30. The van der Waals surface area contributed by atoms with Crippen LogP contribution in [0.1, 0.15) is 24.8 Å². The molecule has 3 nitrogen and oxygen atoms in total. The molecule has 0 aromatic heterocycles. The number of alkyl halides is 2. The van der Waals surface area contributed by atoms with Gasteiger partial charge >= 0.3 is 0 Å². The van der Waals surface area contributed by atoms with Gasteiger partial charge in [-0.15, -0.1) is 0 Å². The van der Waals surface area contributed by atoms with Gasteiger partial charge in [0.25, 0.3) is 6.43 Å². The number of piperidine rings is 1. The first-order valence-electron chi connectivity index (χ1n) is 6.66. The molecular formula is C14H21F2N3. The molecule has 0 saturated carbocycles. The molecule has 0 atom stereocenters. The molecule has 5 heteroatoms. The van der Waals surface area contributed by atoms with Crippen LogP contribution in [0.25, 0.3) is 0 Å². The topological polar surface area (TPSA) is 41.3 Å². The number of benzene rings is 1. The average Bonchev–Trinajstić information content (AvgIpc) is 2.39. The largest absolute Gasteiger partial charge is 0.399 e. The van der Waals surface area contributed by atoms with Crippen LogP contribution in [-0.4, -0.2) is 31.6 Å². The van der Waals surface area contributed by atoms with Crippen molar-refractivity contribution >= 4 is 11.4 Å². The quantitative estimate of drug-likeness (QED) is 0.826. The van der Waals surface area contributed by atoms with Gasteiger partial charge in [-0.1, -0.05) is 0 Å². The van der Waals surface area contributed by atoms with E-state index < -0.39 is 6.43 Å². The number of hydrogen-bond donors (Lipinski definition) is 2. The van der Waals surface area contributed by atoms with Crippen molar-refractivity contribution in [3.05, 3.63) is 23.8 Å². The monoisotopic (exact) mass is 269 g/mol. The Morgan fingerprint density at radius 1 is 1.37 bits per heavy atom. The highest BCUT2D eigenvalue weighted by Gasteiger charge is 2.18.